The van der Waals surface area contributed by atoms with Crippen LogP contribution in [0.4, 0.5) is 5.69 Å². The first-order valence-corrected chi connectivity index (χ1v) is 6.40. The Kier molecular flexibility index (Phi) is 3.12. The van der Waals surface area contributed by atoms with Crippen molar-refractivity contribution in [3.8, 4) is 0 Å². The van der Waals surface area contributed by atoms with Gasteiger partial charge in [-0.15, -0.1) is 11.3 Å². The van der Waals surface area contributed by atoms with Crippen molar-refractivity contribution in [2.45, 2.75) is 6.92 Å². The average molecular weight is 296 g/mol. The fourth-order valence-electron chi connectivity index (χ4n) is 1.53. The van der Waals surface area contributed by atoms with Gasteiger partial charge in [0.25, 0.3) is 0 Å². The molecule has 0 atom stereocenters. The van der Waals surface area contributed by atoms with Crippen LogP contribution in [-0.4, -0.2) is 5.78 Å². The lowest BCUT2D eigenvalue weighted by atomic mass is 10.0. The predicted molar refractivity (Wildman–Crippen MR) is 71.0 cm³/mol. The van der Waals surface area contributed by atoms with Crippen molar-refractivity contribution in [2.75, 3.05) is 5.73 Å². The highest BCUT2D eigenvalue weighted by molar-refractivity contribution is 9.11. The number of nitrogens with two attached hydrogens (primary N) is 1. The van der Waals surface area contributed by atoms with Gasteiger partial charge in [-0.1, -0.05) is 0 Å². The van der Waals surface area contributed by atoms with E-state index in [1.807, 2.05) is 24.4 Å². The van der Waals surface area contributed by atoms with Gasteiger partial charge in [-0.3, -0.25) is 4.79 Å². The number of benzene rings is 1. The van der Waals surface area contributed by atoms with Crippen LogP contribution in [0, 0.1) is 6.92 Å². The summed E-state index contributed by atoms with van der Waals surface area (Å²) in [5.74, 6) is 0.0412. The van der Waals surface area contributed by atoms with Gasteiger partial charge in [0.2, 0.25) is 0 Å². The van der Waals surface area contributed by atoms with Gasteiger partial charge in [0.15, 0.2) is 5.78 Å². The van der Waals surface area contributed by atoms with Crippen molar-refractivity contribution in [3.63, 3.8) is 0 Å². The van der Waals surface area contributed by atoms with Gasteiger partial charge in [0.1, 0.15) is 0 Å². The minimum Gasteiger partial charge on any atom is -0.399 e. The molecule has 0 aliphatic carbocycles. The first-order chi connectivity index (χ1) is 7.58. The molecule has 16 heavy (non-hydrogen) atoms. The van der Waals surface area contributed by atoms with E-state index in [0.717, 1.165) is 9.35 Å². The van der Waals surface area contributed by atoms with Crippen LogP contribution in [-0.2, 0) is 0 Å². The van der Waals surface area contributed by atoms with Gasteiger partial charge >= 0.3 is 0 Å². The van der Waals surface area contributed by atoms with Crippen LogP contribution < -0.4 is 5.73 Å². The Balaban J connectivity index is 2.41. The van der Waals surface area contributed by atoms with Crippen LogP contribution in [0.25, 0.3) is 0 Å². The number of aryl methyl sites for hydroxylation is 1. The number of ketones is 1. The molecule has 1 heterocycles. The summed E-state index contributed by atoms with van der Waals surface area (Å²) in [5.41, 5.74) is 8.66. The van der Waals surface area contributed by atoms with Crippen LogP contribution in [0.1, 0.15) is 21.5 Å². The molecule has 2 aromatic rings. The van der Waals surface area contributed by atoms with E-state index in [-0.39, 0.29) is 5.78 Å². The molecule has 82 valence electrons. The van der Waals surface area contributed by atoms with Crippen molar-refractivity contribution in [3.05, 3.63) is 50.1 Å². The number of carbonyl (C=O) groups excluding carboxylic acids is 1. The van der Waals surface area contributed by atoms with E-state index in [2.05, 4.69) is 15.9 Å². The van der Waals surface area contributed by atoms with E-state index in [0.29, 0.717) is 16.8 Å². The highest BCUT2D eigenvalue weighted by Crippen LogP contribution is 2.24. The Labute approximate surface area is 106 Å². The molecule has 0 radical (unpaired) electrons. The maximum Gasteiger partial charge on any atom is 0.194 e. The number of carbonyl (C=O) groups is 1. The van der Waals surface area contributed by atoms with E-state index in [4.69, 9.17) is 5.73 Å². The highest BCUT2D eigenvalue weighted by Gasteiger charge is 2.13. The average Bonchev–Trinajstić information content (AvgIpc) is 2.64. The van der Waals surface area contributed by atoms with Crippen LogP contribution in [0.2, 0.25) is 0 Å². The summed E-state index contributed by atoms with van der Waals surface area (Å²) in [7, 11) is 0. The standard InChI is InChI=1S/C12H10BrNOS/c1-7-4-9(14)2-3-10(7)12(15)8-5-11(13)16-6-8/h2-6H,14H2,1H3. The third-order valence-corrected chi connectivity index (χ3v) is 3.83. The summed E-state index contributed by atoms with van der Waals surface area (Å²) in [6.07, 6.45) is 0. The largest absolute Gasteiger partial charge is 0.399 e. The molecule has 0 aliphatic rings. The molecular weight excluding hydrogens is 286 g/mol. The lowest BCUT2D eigenvalue weighted by molar-refractivity contribution is 0.103. The van der Waals surface area contributed by atoms with E-state index in [9.17, 15) is 4.79 Å². The van der Waals surface area contributed by atoms with E-state index < -0.39 is 0 Å². The van der Waals surface area contributed by atoms with Crippen molar-refractivity contribution in [2.24, 2.45) is 0 Å². The molecule has 0 unspecified atom stereocenters. The maximum absolute atomic E-state index is 12.1. The summed E-state index contributed by atoms with van der Waals surface area (Å²) < 4.78 is 0.962. The van der Waals surface area contributed by atoms with E-state index in [1.54, 1.807) is 12.1 Å². The van der Waals surface area contributed by atoms with Gasteiger partial charge in [0, 0.05) is 22.2 Å². The monoisotopic (exact) mass is 295 g/mol. The maximum atomic E-state index is 12.1. The minimum absolute atomic E-state index is 0.0412. The predicted octanol–water partition coefficient (Wildman–Crippen LogP) is 3.63. The molecule has 4 heteroatoms. The Morgan fingerprint density at radius 3 is 2.69 bits per heavy atom. The second kappa shape index (κ2) is 4.39. The molecule has 0 bridgehead atoms. The first kappa shape index (κ1) is 11.4. The zero-order chi connectivity index (χ0) is 11.7. The second-order valence-electron chi connectivity index (χ2n) is 3.54. The van der Waals surface area contributed by atoms with Crippen molar-refractivity contribution in [1.82, 2.24) is 0 Å². The molecule has 0 amide bonds. The Hall–Kier alpha value is -1.13. The molecule has 0 spiro atoms. The van der Waals surface area contributed by atoms with Crippen molar-refractivity contribution >= 4 is 38.7 Å². The Morgan fingerprint density at radius 1 is 1.38 bits per heavy atom. The van der Waals surface area contributed by atoms with E-state index >= 15 is 0 Å². The zero-order valence-electron chi connectivity index (χ0n) is 8.66. The molecule has 2 N–H and O–H groups in total. The normalized spacial score (nSPS) is 10.4. The number of hydrogen-bond acceptors (Lipinski definition) is 3. The van der Waals surface area contributed by atoms with Crippen LogP contribution >= 0.6 is 27.3 Å². The Morgan fingerprint density at radius 2 is 2.12 bits per heavy atom. The van der Waals surface area contributed by atoms with Gasteiger partial charge in [0.05, 0.1) is 3.79 Å². The second-order valence-corrected chi connectivity index (χ2v) is 5.83. The fraction of sp³-hybridized carbons (Fsp3) is 0.0833. The lowest BCUT2D eigenvalue weighted by Crippen LogP contribution is -2.02. The fourth-order valence-corrected chi connectivity index (χ4v) is 2.66. The van der Waals surface area contributed by atoms with Gasteiger partial charge in [-0.05, 0) is 52.7 Å². The number of nitrogen functional groups attached to an aromatic ring is 1. The number of anilines is 1. The van der Waals surface area contributed by atoms with Gasteiger partial charge < -0.3 is 5.73 Å². The molecular formula is C12H10BrNOS. The minimum atomic E-state index is 0.0412. The highest BCUT2D eigenvalue weighted by atomic mass is 79.9. The van der Waals surface area contributed by atoms with Gasteiger partial charge in [-0.2, -0.15) is 0 Å². The smallest absolute Gasteiger partial charge is 0.194 e. The number of halogens is 1. The van der Waals surface area contributed by atoms with Crippen molar-refractivity contribution < 1.29 is 4.79 Å². The SMILES string of the molecule is Cc1cc(N)ccc1C(=O)c1csc(Br)c1. The molecule has 2 nitrogen and oxygen atoms in total. The summed E-state index contributed by atoms with van der Waals surface area (Å²) in [5, 5.41) is 1.85. The molecule has 0 saturated heterocycles. The number of thiophene rings is 1. The summed E-state index contributed by atoms with van der Waals surface area (Å²) in [6, 6.07) is 7.18. The Bertz CT molecular complexity index is 548. The molecule has 2 rings (SSSR count). The summed E-state index contributed by atoms with van der Waals surface area (Å²) in [4.78, 5) is 12.1. The third kappa shape index (κ3) is 2.18. The van der Waals surface area contributed by atoms with Crippen molar-refractivity contribution in [1.29, 1.82) is 0 Å². The quantitative estimate of drug-likeness (QED) is 0.679. The molecule has 1 aromatic carbocycles. The van der Waals surface area contributed by atoms with Crippen LogP contribution in [0.5, 0.6) is 0 Å². The molecule has 1 aromatic heterocycles. The molecule has 0 aliphatic heterocycles. The molecule has 0 fully saturated rings. The van der Waals surface area contributed by atoms with Crippen LogP contribution in [0.15, 0.2) is 33.4 Å². The number of rotatable bonds is 2. The summed E-state index contributed by atoms with van der Waals surface area (Å²) in [6.45, 7) is 1.89. The van der Waals surface area contributed by atoms with Crippen LogP contribution in [0.3, 0.4) is 0 Å². The lowest BCUT2D eigenvalue weighted by Gasteiger charge is -2.04. The van der Waals surface area contributed by atoms with Gasteiger partial charge in [-0.25, -0.2) is 0 Å². The first-order valence-electron chi connectivity index (χ1n) is 4.73. The third-order valence-electron chi connectivity index (χ3n) is 2.32. The molecule has 0 saturated carbocycles. The zero-order valence-corrected chi connectivity index (χ0v) is 11.1. The summed E-state index contributed by atoms with van der Waals surface area (Å²) >= 11 is 4.86. The number of hydrogen-bond donors (Lipinski definition) is 1. The van der Waals surface area contributed by atoms with E-state index in [1.165, 1.54) is 11.3 Å². The topological polar surface area (TPSA) is 43.1 Å².